The third-order valence-corrected chi connectivity index (χ3v) is 5.13. The molecule has 112 valence electrons. The van der Waals surface area contributed by atoms with Crippen LogP contribution in [0.1, 0.15) is 18.1 Å². The maximum atomic E-state index is 12.0. The Morgan fingerprint density at radius 2 is 2.20 bits per heavy atom. The molecule has 0 aromatic heterocycles. The monoisotopic (exact) mass is 332 g/mol. The second-order valence-corrected chi connectivity index (χ2v) is 7.89. The zero-order chi connectivity index (χ0) is 15.2. The summed E-state index contributed by atoms with van der Waals surface area (Å²) in [5.74, 6) is 1.18. The normalized spacial score (nSPS) is 13.1. The maximum absolute atomic E-state index is 12.0. The van der Waals surface area contributed by atoms with Crippen molar-refractivity contribution in [2.75, 3.05) is 18.6 Å². The average Bonchev–Trinajstić information content (AvgIpc) is 2.37. The zero-order valence-corrected chi connectivity index (χ0v) is 14.1. The van der Waals surface area contributed by atoms with Crippen LogP contribution in [0, 0.1) is 5.92 Å². The van der Waals surface area contributed by atoms with Crippen molar-refractivity contribution in [1.82, 2.24) is 4.72 Å². The van der Waals surface area contributed by atoms with E-state index in [1.165, 1.54) is 0 Å². The highest BCUT2D eigenvalue weighted by molar-refractivity contribution is 7.98. The van der Waals surface area contributed by atoms with Gasteiger partial charge in [0.15, 0.2) is 0 Å². The molecular formula is C13H20N2O2S3. The molecule has 0 bridgehead atoms. The Morgan fingerprint density at radius 3 is 2.80 bits per heavy atom. The molecule has 4 nitrogen and oxygen atoms in total. The first-order valence-corrected chi connectivity index (χ1v) is 9.64. The Kier molecular flexibility index (Phi) is 6.94. The van der Waals surface area contributed by atoms with Crippen molar-refractivity contribution in [3.8, 4) is 0 Å². The molecule has 0 saturated carbocycles. The predicted molar refractivity (Wildman–Crippen MR) is 90.5 cm³/mol. The molecular weight excluding hydrogens is 312 g/mol. The number of nitrogens with two attached hydrogens (primary N) is 1. The molecule has 0 radical (unpaired) electrons. The van der Waals surface area contributed by atoms with Crippen LogP contribution in [0.5, 0.6) is 0 Å². The van der Waals surface area contributed by atoms with Crippen LogP contribution in [-0.2, 0) is 15.8 Å². The van der Waals surface area contributed by atoms with E-state index >= 15 is 0 Å². The molecule has 0 amide bonds. The van der Waals surface area contributed by atoms with E-state index in [9.17, 15) is 8.42 Å². The molecule has 0 aliphatic heterocycles. The van der Waals surface area contributed by atoms with Gasteiger partial charge in [-0.2, -0.15) is 11.8 Å². The molecule has 0 fully saturated rings. The number of thiocarbonyl (C=S) groups is 1. The Bertz CT molecular complexity index is 558. The SMILES string of the molecule is CSCC(C)CNS(=O)(=O)Cc1cccc(C(N)=S)c1. The summed E-state index contributed by atoms with van der Waals surface area (Å²) in [6.45, 7) is 2.48. The van der Waals surface area contributed by atoms with Gasteiger partial charge in [-0.25, -0.2) is 13.1 Å². The third-order valence-electron chi connectivity index (χ3n) is 2.67. The Hall–Kier alpha value is -0.630. The fourth-order valence-electron chi connectivity index (χ4n) is 1.70. The van der Waals surface area contributed by atoms with E-state index in [4.69, 9.17) is 18.0 Å². The Morgan fingerprint density at radius 1 is 1.50 bits per heavy atom. The van der Waals surface area contributed by atoms with E-state index < -0.39 is 10.0 Å². The minimum absolute atomic E-state index is 0.0601. The largest absolute Gasteiger partial charge is 0.389 e. The van der Waals surface area contributed by atoms with Gasteiger partial charge in [0.25, 0.3) is 0 Å². The van der Waals surface area contributed by atoms with Crippen molar-refractivity contribution in [3.63, 3.8) is 0 Å². The lowest BCUT2D eigenvalue weighted by Gasteiger charge is -2.12. The van der Waals surface area contributed by atoms with Crippen LogP contribution in [0.15, 0.2) is 24.3 Å². The number of rotatable bonds is 8. The molecule has 1 atom stereocenters. The molecule has 1 aromatic rings. The number of hydrogen-bond acceptors (Lipinski definition) is 4. The minimum atomic E-state index is -3.33. The number of hydrogen-bond donors (Lipinski definition) is 2. The van der Waals surface area contributed by atoms with Crippen molar-refractivity contribution in [3.05, 3.63) is 35.4 Å². The van der Waals surface area contributed by atoms with Gasteiger partial charge in [0.2, 0.25) is 10.0 Å². The number of benzene rings is 1. The molecule has 1 unspecified atom stereocenters. The van der Waals surface area contributed by atoms with Gasteiger partial charge in [-0.3, -0.25) is 0 Å². The second kappa shape index (κ2) is 7.97. The highest BCUT2D eigenvalue weighted by atomic mass is 32.2. The predicted octanol–water partition coefficient (Wildman–Crippen LogP) is 1.74. The van der Waals surface area contributed by atoms with E-state index in [0.717, 1.165) is 5.75 Å². The minimum Gasteiger partial charge on any atom is -0.389 e. The quantitative estimate of drug-likeness (QED) is 0.710. The van der Waals surface area contributed by atoms with Crippen LogP contribution >= 0.6 is 24.0 Å². The topological polar surface area (TPSA) is 72.2 Å². The van der Waals surface area contributed by atoms with E-state index in [1.54, 1.807) is 36.0 Å². The van der Waals surface area contributed by atoms with Gasteiger partial charge >= 0.3 is 0 Å². The molecule has 0 saturated heterocycles. The summed E-state index contributed by atoms with van der Waals surface area (Å²) >= 11 is 6.59. The van der Waals surface area contributed by atoms with Crippen LogP contribution in [0.3, 0.4) is 0 Å². The fraction of sp³-hybridized carbons (Fsp3) is 0.462. The van der Waals surface area contributed by atoms with Gasteiger partial charge in [-0.1, -0.05) is 37.3 Å². The van der Waals surface area contributed by atoms with Crippen LogP contribution in [0.4, 0.5) is 0 Å². The fourth-order valence-corrected chi connectivity index (χ4v) is 3.77. The first kappa shape index (κ1) is 17.4. The third kappa shape index (κ3) is 6.21. The molecule has 0 spiro atoms. The summed E-state index contributed by atoms with van der Waals surface area (Å²) in [7, 11) is -3.33. The first-order chi connectivity index (χ1) is 9.34. The lowest BCUT2D eigenvalue weighted by molar-refractivity contribution is 0.562. The van der Waals surface area contributed by atoms with E-state index in [1.807, 2.05) is 13.2 Å². The molecule has 0 aliphatic carbocycles. The van der Waals surface area contributed by atoms with E-state index in [2.05, 4.69) is 4.72 Å². The molecule has 0 aliphatic rings. The van der Waals surface area contributed by atoms with Crippen molar-refractivity contribution in [2.24, 2.45) is 11.7 Å². The Balaban J connectivity index is 2.66. The van der Waals surface area contributed by atoms with E-state index in [0.29, 0.717) is 23.6 Å². The summed E-state index contributed by atoms with van der Waals surface area (Å²) in [6.07, 6.45) is 2.01. The van der Waals surface area contributed by atoms with Gasteiger partial charge in [0, 0.05) is 12.1 Å². The van der Waals surface area contributed by atoms with Crippen LogP contribution in [0.25, 0.3) is 0 Å². The van der Waals surface area contributed by atoms with Gasteiger partial charge < -0.3 is 5.73 Å². The van der Waals surface area contributed by atoms with Crippen LogP contribution in [0.2, 0.25) is 0 Å². The van der Waals surface area contributed by atoms with Gasteiger partial charge in [-0.15, -0.1) is 0 Å². The summed E-state index contributed by atoms with van der Waals surface area (Å²) in [6, 6.07) is 7.00. The number of sulfonamides is 1. The van der Waals surface area contributed by atoms with Crippen LogP contribution < -0.4 is 10.5 Å². The molecule has 1 aromatic carbocycles. The lowest BCUT2D eigenvalue weighted by atomic mass is 10.1. The highest BCUT2D eigenvalue weighted by Crippen LogP contribution is 2.10. The van der Waals surface area contributed by atoms with E-state index in [-0.39, 0.29) is 10.7 Å². The standard InChI is InChI=1S/C13H20N2O2S3/c1-10(8-19-2)7-15-20(16,17)9-11-4-3-5-12(6-11)13(14)18/h3-6,10,15H,7-9H2,1-2H3,(H2,14,18). The maximum Gasteiger partial charge on any atom is 0.215 e. The molecule has 3 N–H and O–H groups in total. The molecule has 0 heterocycles. The van der Waals surface area contributed by atoms with Crippen molar-refractivity contribution in [1.29, 1.82) is 0 Å². The average molecular weight is 333 g/mol. The van der Waals surface area contributed by atoms with Crippen molar-refractivity contribution < 1.29 is 8.42 Å². The molecule has 20 heavy (non-hydrogen) atoms. The second-order valence-electron chi connectivity index (χ2n) is 4.73. The van der Waals surface area contributed by atoms with Crippen LogP contribution in [-0.4, -0.2) is 32.0 Å². The summed E-state index contributed by atoms with van der Waals surface area (Å²) in [5, 5.41) is 0. The summed E-state index contributed by atoms with van der Waals surface area (Å²) in [4.78, 5) is 0.269. The summed E-state index contributed by atoms with van der Waals surface area (Å²) in [5.41, 5.74) is 6.91. The Labute approximate surface area is 130 Å². The first-order valence-electron chi connectivity index (χ1n) is 6.19. The smallest absolute Gasteiger partial charge is 0.215 e. The van der Waals surface area contributed by atoms with Crippen molar-refractivity contribution in [2.45, 2.75) is 12.7 Å². The van der Waals surface area contributed by atoms with Crippen molar-refractivity contribution >= 4 is 39.0 Å². The van der Waals surface area contributed by atoms with Gasteiger partial charge in [0.05, 0.1) is 5.75 Å². The number of nitrogens with one attached hydrogen (secondary N) is 1. The highest BCUT2D eigenvalue weighted by Gasteiger charge is 2.13. The zero-order valence-electron chi connectivity index (χ0n) is 11.6. The molecule has 1 rings (SSSR count). The number of thioether (sulfide) groups is 1. The summed E-state index contributed by atoms with van der Waals surface area (Å²) < 4.78 is 26.7. The van der Waals surface area contributed by atoms with Gasteiger partial charge in [-0.05, 0) is 29.6 Å². The lowest BCUT2D eigenvalue weighted by Crippen LogP contribution is -2.30. The van der Waals surface area contributed by atoms with Gasteiger partial charge in [0.1, 0.15) is 4.99 Å². The molecule has 7 heteroatoms.